The zero-order valence-corrected chi connectivity index (χ0v) is 11.9. The van der Waals surface area contributed by atoms with E-state index in [9.17, 15) is 14.7 Å². The zero-order valence-electron chi connectivity index (χ0n) is 11.9. The highest BCUT2D eigenvalue weighted by atomic mass is 16.5. The Morgan fingerprint density at radius 1 is 1.45 bits per heavy atom. The molecule has 1 heterocycles. The summed E-state index contributed by atoms with van der Waals surface area (Å²) in [6, 6.07) is -0.864. The molecule has 2 unspecified atom stereocenters. The van der Waals surface area contributed by atoms with Gasteiger partial charge in [-0.2, -0.15) is 0 Å². The molecule has 6 nitrogen and oxygen atoms in total. The van der Waals surface area contributed by atoms with Gasteiger partial charge in [0.25, 0.3) is 0 Å². The van der Waals surface area contributed by atoms with Gasteiger partial charge in [0.15, 0.2) is 0 Å². The number of carboxylic acid groups (broad SMARTS) is 1. The van der Waals surface area contributed by atoms with Crippen LogP contribution >= 0.6 is 0 Å². The Kier molecular flexibility index (Phi) is 4.99. The molecule has 1 aliphatic carbocycles. The summed E-state index contributed by atoms with van der Waals surface area (Å²) in [7, 11) is 1.61. The van der Waals surface area contributed by atoms with Crippen molar-refractivity contribution in [2.24, 2.45) is 5.92 Å². The van der Waals surface area contributed by atoms with E-state index < -0.39 is 12.0 Å². The molecule has 20 heavy (non-hydrogen) atoms. The molecular formula is C14H23NO5. The maximum Gasteiger partial charge on any atom is 0.326 e. The summed E-state index contributed by atoms with van der Waals surface area (Å²) in [4.78, 5) is 23.4. The zero-order chi connectivity index (χ0) is 14.6. The maximum atomic E-state index is 12.1. The number of nitrogens with one attached hydrogen (secondary N) is 1. The van der Waals surface area contributed by atoms with E-state index in [1.54, 1.807) is 7.11 Å². The van der Waals surface area contributed by atoms with Gasteiger partial charge >= 0.3 is 5.97 Å². The fourth-order valence-corrected chi connectivity index (χ4v) is 2.95. The monoisotopic (exact) mass is 285 g/mol. The highest BCUT2D eigenvalue weighted by Gasteiger charge is 2.40. The maximum absolute atomic E-state index is 12.1. The predicted molar refractivity (Wildman–Crippen MR) is 71.3 cm³/mol. The lowest BCUT2D eigenvalue weighted by atomic mass is 9.77. The van der Waals surface area contributed by atoms with Gasteiger partial charge in [-0.3, -0.25) is 4.79 Å². The van der Waals surface area contributed by atoms with Gasteiger partial charge < -0.3 is 19.9 Å². The minimum Gasteiger partial charge on any atom is -0.480 e. The lowest BCUT2D eigenvalue weighted by Gasteiger charge is -2.40. The molecule has 2 atom stereocenters. The van der Waals surface area contributed by atoms with Crippen LogP contribution < -0.4 is 5.32 Å². The number of carbonyl (C=O) groups excluding carboxylic acids is 1. The summed E-state index contributed by atoms with van der Waals surface area (Å²) in [5.74, 6) is -1.39. The number of carbonyl (C=O) groups is 2. The molecule has 2 aliphatic rings. The van der Waals surface area contributed by atoms with Gasteiger partial charge in [0.1, 0.15) is 6.04 Å². The van der Waals surface area contributed by atoms with Gasteiger partial charge in [-0.05, 0) is 32.1 Å². The Morgan fingerprint density at radius 3 is 2.65 bits per heavy atom. The smallest absolute Gasteiger partial charge is 0.326 e. The minimum absolute atomic E-state index is 0.148. The number of aliphatic carboxylic acids is 1. The van der Waals surface area contributed by atoms with Crippen molar-refractivity contribution in [2.75, 3.05) is 20.3 Å². The van der Waals surface area contributed by atoms with E-state index in [0.717, 1.165) is 32.1 Å². The first kappa shape index (κ1) is 15.3. The number of hydrogen-bond acceptors (Lipinski definition) is 4. The minimum atomic E-state index is -0.992. The molecule has 0 aromatic carbocycles. The number of amides is 1. The average molecular weight is 285 g/mol. The molecule has 2 fully saturated rings. The van der Waals surface area contributed by atoms with Gasteiger partial charge in [0, 0.05) is 19.6 Å². The van der Waals surface area contributed by atoms with E-state index in [4.69, 9.17) is 9.47 Å². The largest absolute Gasteiger partial charge is 0.480 e. The summed E-state index contributed by atoms with van der Waals surface area (Å²) in [5.41, 5.74) is -0.379. The van der Waals surface area contributed by atoms with Crippen LogP contribution in [0, 0.1) is 5.92 Å². The molecule has 1 saturated heterocycles. The van der Waals surface area contributed by atoms with Gasteiger partial charge in [0.2, 0.25) is 5.91 Å². The topological polar surface area (TPSA) is 84.9 Å². The summed E-state index contributed by atoms with van der Waals surface area (Å²) < 4.78 is 10.7. The first-order chi connectivity index (χ1) is 9.56. The van der Waals surface area contributed by atoms with E-state index in [2.05, 4.69) is 5.32 Å². The fourth-order valence-electron chi connectivity index (χ4n) is 2.95. The first-order valence-electron chi connectivity index (χ1n) is 7.21. The number of methoxy groups -OCH3 is 1. The van der Waals surface area contributed by atoms with E-state index in [1.165, 1.54) is 0 Å². The molecule has 1 saturated carbocycles. The highest BCUT2D eigenvalue weighted by Crippen LogP contribution is 2.37. The summed E-state index contributed by atoms with van der Waals surface area (Å²) in [6.45, 7) is 1.07. The number of ether oxygens (including phenoxy) is 2. The van der Waals surface area contributed by atoms with Crippen LogP contribution in [0.2, 0.25) is 0 Å². The molecule has 0 bridgehead atoms. The van der Waals surface area contributed by atoms with Crippen LogP contribution in [-0.2, 0) is 19.1 Å². The summed E-state index contributed by atoms with van der Waals surface area (Å²) in [6.07, 6.45) is 4.63. The summed E-state index contributed by atoms with van der Waals surface area (Å²) >= 11 is 0. The van der Waals surface area contributed by atoms with Crippen LogP contribution in [0.3, 0.4) is 0 Å². The van der Waals surface area contributed by atoms with Crippen LogP contribution in [0.15, 0.2) is 0 Å². The van der Waals surface area contributed by atoms with Crippen molar-refractivity contribution in [3.63, 3.8) is 0 Å². The SMILES string of the molecule is COC1(CC(=O)NC(C(=O)O)C2CCCOC2)CCC1. The molecule has 6 heteroatoms. The average Bonchev–Trinajstić information content (AvgIpc) is 2.41. The second-order valence-electron chi connectivity index (χ2n) is 5.78. The molecule has 1 amide bonds. The van der Waals surface area contributed by atoms with Crippen LogP contribution in [0.25, 0.3) is 0 Å². The highest BCUT2D eigenvalue weighted by molar-refractivity contribution is 5.84. The molecule has 0 radical (unpaired) electrons. The van der Waals surface area contributed by atoms with Gasteiger partial charge in [-0.1, -0.05) is 0 Å². The van der Waals surface area contributed by atoms with E-state index in [0.29, 0.717) is 13.2 Å². The van der Waals surface area contributed by atoms with Crippen molar-refractivity contribution in [3.8, 4) is 0 Å². The third kappa shape index (κ3) is 3.49. The Labute approximate surface area is 118 Å². The normalized spacial score (nSPS) is 26.4. The fraction of sp³-hybridized carbons (Fsp3) is 0.857. The molecule has 0 aromatic rings. The molecule has 2 rings (SSSR count). The van der Waals surface area contributed by atoms with Gasteiger partial charge in [-0.25, -0.2) is 4.79 Å². The van der Waals surface area contributed by atoms with Crippen molar-refractivity contribution in [1.29, 1.82) is 0 Å². The molecule has 0 aromatic heterocycles. The quantitative estimate of drug-likeness (QED) is 0.758. The first-order valence-corrected chi connectivity index (χ1v) is 7.21. The number of rotatable bonds is 6. The Morgan fingerprint density at radius 2 is 2.20 bits per heavy atom. The Bertz CT molecular complexity index is 355. The second kappa shape index (κ2) is 6.54. The van der Waals surface area contributed by atoms with Gasteiger partial charge in [0.05, 0.1) is 18.6 Å². The standard InChI is InChI=1S/C14H23NO5/c1-19-14(5-3-6-14)8-11(16)15-12(13(17)18)10-4-2-7-20-9-10/h10,12H,2-9H2,1H3,(H,15,16)(H,17,18). The predicted octanol–water partition coefficient (Wildman–Crippen LogP) is 0.942. The van der Waals surface area contributed by atoms with Crippen LogP contribution in [0.4, 0.5) is 0 Å². The van der Waals surface area contributed by atoms with E-state index in [1.807, 2.05) is 0 Å². The lowest BCUT2D eigenvalue weighted by molar-refractivity contribution is -0.147. The van der Waals surface area contributed by atoms with Crippen molar-refractivity contribution in [1.82, 2.24) is 5.32 Å². The van der Waals surface area contributed by atoms with E-state index in [-0.39, 0.29) is 23.8 Å². The van der Waals surface area contributed by atoms with Crippen molar-refractivity contribution in [2.45, 2.75) is 50.2 Å². The Hall–Kier alpha value is -1.14. The van der Waals surface area contributed by atoms with Crippen LogP contribution in [0.1, 0.15) is 38.5 Å². The summed E-state index contributed by atoms with van der Waals surface area (Å²) in [5, 5.41) is 11.9. The van der Waals surface area contributed by atoms with Crippen molar-refractivity contribution in [3.05, 3.63) is 0 Å². The molecule has 114 valence electrons. The number of hydrogen-bond donors (Lipinski definition) is 2. The number of carboxylic acids is 1. The van der Waals surface area contributed by atoms with Gasteiger partial charge in [-0.15, -0.1) is 0 Å². The lowest BCUT2D eigenvalue weighted by Crippen LogP contribution is -2.51. The van der Waals surface area contributed by atoms with Crippen LogP contribution in [-0.4, -0.2) is 48.9 Å². The molecule has 1 aliphatic heterocycles. The third-order valence-corrected chi connectivity index (χ3v) is 4.43. The second-order valence-corrected chi connectivity index (χ2v) is 5.78. The van der Waals surface area contributed by atoms with Crippen LogP contribution in [0.5, 0.6) is 0 Å². The van der Waals surface area contributed by atoms with Crippen molar-refractivity contribution >= 4 is 11.9 Å². The van der Waals surface area contributed by atoms with E-state index >= 15 is 0 Å². The molecule has 2 N–H and O–H groups in total. The third-order valence-electron chi connectivity index (χ3n) is 4.43. The molecular weight excluding hydrogens is 262 g/mol. The Balaban J connectivity index is 1.90. The molecule has 0 spiro atoms. The van der Waals surface area contributed by atoms with Crippen molar-refractivity contribution < 1.29 is 24.2 Å².